The maximum atomic E-state index is 13.9. The van der Waals surface area contributed by atoms with Gasteiger partial charge in [-0.2, -0.15) is 5.10 Å². The average Bonchev–Trinajstić information content (AvgIpc) is 3.52. The van der Waals surface area contributed by atoms with Gasteiger partial charge in [0.25, 0.3) is 5.56 Å². The Labute approximate surface area is 243 Å². The first-order valence-corrected chi connectivity index (χ1v) is 14.8. The fourth-order valence-electron chi connectivity index (χ4n) is 5.67. The van der Waals surface area contributed by atoms with E-state index in [-0.39, 0.29) is 17.9 Å². The Bertz CT molecular complexity index is 1790. The Kier molecular flexibility index (Phi) is 7.32. The monoisotopic (exact) mass is 566 g/mol. The zero-order valence-electron chi connectivity index (χ0n) is 23.9. The number of rotatable bonds is 6. The largest absolute Gasteiger partial charge is 0.340 e. The maximum Gasteiger partial charge on any atom is 0.268 e. The van der Waals surface area contributed by atoms with E-state index in [4.69, 9.17) is 10.1 Å². The summed E-state index contributed by atoms with van der Waals surface area (Å²) in [6.07, 6.45) is 0.165. The molecule has 5 aromatic rings. The summed E-state index contributed by atoms with van der Waals surface area (Å²) in [6, 6.07) is 18.6. The van der Waals surface area contributed by atoms with Gasteiger partial charge in [0.1, 0.15) is 5.69 Å². The van der Waals surface area contributed by atoms with Gasteiger partial charge in [-0.3, -0.25) is 18.9 Å². The first kappa shape index (κ1) is 27.1. The molecule has 0 N–H and O–H groups in total. The number of thiazole rings is 1. The van der Waals surface area contributed by atoms with Gasteiger partial charge in [-0.25, -0.2) is 9.67 Å². The van der Waals surface area contributed by atoms with Crippen molar-refractivity contribution in [2.75, 3.05) is 26.2 Å². The highest BCUT2D eigenvalue weighted by molar-refractivity contribution is 7.15. The minimum Gasteiger partial charge on any atom is -0.340 e. The number of hydrogen-bond donors (Lipinski definition) is 0. The van der Waals surface area contributed by atoms with Crippen molar-refractivity contribution in [2.24, 2.45) is 0 Å². The van der Waals surface area contributed by atoms with Crippen LogP contribution in [0, 0.1) is 27.7 Å². The number of aryl methyl sites for hydroxylation is 4. The summed E-state index contributed by atoms with van der Waals surface area (Å²) in [5.74, 6) is 0.0352. The highest BCUT2D eigenvalue weighted by Crippen LogP contribution is 2.25. The van der Waals surface area contributed by atoms with E-state index in [0.29, 0.717) is 40.7 Å². The van der Waals surface area contributed by atoms with Crippen LogP contribution in [0.1, 0.15) is 33.8 Å². The summed E-state index contributed by atoms with van der Waals surface area (Å²) < 4.78 is 3.48. The summed E-state index contributed by atoms with van der Waals surface area (Å²) in [4.78, 5) is 36.9. The molecule has 0 radical (unpaired) electrons. The summed E-state index contributed by atoms with van der Waals surface area (Å²) in [5.41, 5.74) is 7.68. The molecule has 1 fully saturated rings. The lowest BCUT2D eigenvalue weighted by Gasteiger charge is -2.34. The van der Waals surface area contributed by atoms with Gasteiger partial charge in [0.2, 0.25) is 5.91 Å². The lowest BCUT2D eigenvalue weighted by Crippen LogP contribution is -2.48. The van der Waals surface area contributed by atoms with Crippen LogP contribution >= 0.6 is 11.3 Å². The quantitative estimate of drug-likeness (QED) is 0.297. The molecule has 0 spiro atoms. The van der Waals surface area contributed by atoms with Gasteiger partial charge in [0, 0.05) is 49.5 Å². The zero-order chi connectivity index (χ0) is 28.7. The fraction of sp³-hybridized carbons (Fsp3) is 0.312. The van der Waals surface area contributed by atoms with Crippen molar-refractivity contribution in [2.45, 2.75) is 40.7 Å². The van der Waals surface area contributed by atoms with Gasteiger partial charge in [0.15, 0.2) is 4.96 Å². The fourth-order valence-corrected chi connectivity index (χ4v) is 6.60. The van der Waals surface area contributed by atoms with Crippen LogP contribution in [-0.4, -0.2) is 61.1 Å². The van der Waals surface area contributed by atoms with Crippen molar-refractivity contribution in [3.63, 3.8) is 0 Å². The SMILES string of the molecule is Cc1ccc(-n2nc(-c3c(C)nc4scc(CC(=O)N5CCN(Cc6ccccc6)CC5)n4c3=O)cc2C)c(C)c1. The Morgan fingerprint density at radius 3 is 2.44 bits per heavy atom. The lowest BCUT2D eigenvalue weighted by molar-refractivity contribution is -0.132. The molecule has 1 amide bonds. The molecule has 0 aliphatic carbocycles. The van der Waals surface area contributed by atoms with Crippen molar-refractivity contribution >= 4 is 22.2 Å². The summed E-state index contributed by atoms with van der Waals surface area (Å²) >= 11 is 1.39. The van der Waals surface area contributed by atoms with Crippen molar-refractivity contribution in [3.8, 4) is 16.9 Å². The molecular weight excluding hydrogens is 532 g/mol. The van der Waals surface area contributed by atoms with Gasteiger partial charge in [-0.15, -0.1) is 11.3 Å². The molecule has 0 saturated carbocycles. The Morgan fingerprint density at radius 1 is 0.951 bits per heavy atom. The predicted octanol–water partition coefficient (Wildman–Crippen LogP) is 4.73. The van der Waals surface area contributed by atoms with E-state index < -0.39 is 0 Å². The van der Waals surface area contributed by atoms with Crippen molar-refractivity contribution in [3.05, 3.63) is 104 Å². The molecule has 0 bridgehead atoms. The zero-order valence-corrected chi connectivity index (χ0v) is 24.7. The molecule has 41 heavy (non-hydrogen) atoms. The number of piperazine rings is 1. The topological polar surface area (TPSA) is 75.7 Å². The number of fused-ring (bicyclic) bond motifs is 1. The molecule has 1 aliphatic heterocycles. The van der Waals surface area contributed by atoms with Gasteiger partial charge in [-0.05, 0) is 51.0 Å². The van der Waals surface area contributed by atoms with Crippen LogP contribution < -0.4 is 5.56 Å². The molecule has 0 atom stereocenters. The molecule has 4 heterocycles. The maximum absolute atomic E-state index is 13.9. The third-order valence-electron chi connectivity index (χ3n) is 7.85. The second-order valence-electron chi connectivity index (χ2n) is 10.9. The molecule has 6 rings (SSSR count). The first-order chi connectivity index (χ1) is 19.8. The molecule has 0 unspecified atom stereocenters. The third-order valence-corrected chi connectivity index (χ3v) is 8.73. The summed E-state index contributed by atoms with van der Waals surface area (Å²) in [6.45, 7) is 11.9. The number of nitrogens with zero attached hydrogens (tertiary/aromatic N) is 6. The number of benzene rings is 2. The molecule has 1 aliphatic rings. The van der Waals surface area contributed by atoms with Crippen LogP contribution in [-0.2, 0) is 17.8 Å². The second kappa shape index (κ2) is 11.1. The summed E-state index contributed by atoms with van der Waals surface area (Å²) in [5, 5.41) is 6.73. The third kappa shape index (κ3) is 5.35. The van der Waals surface area contributed by atoms with E-state index in [9.17, 15) is 9.59 Å². The molecule has 1 saturated heterocycles. The predicted molar refractivity (Wildman–Crippen MR) is 163 cm³/mol. The average molecular weight is 567 g/mol. The smallest absolute Gasteiger partial charge is 0.268 e. The van der Waals surface area contributed by atoms with E-state index in [1.54, 1.807) is 4.40 Å². The minimum absolute atomic E-state index is 0.0352. The second-order valence-corrected chi connectivity index (χ2v) is 11.8. The Balaban J connectivity index is 1.23. The van der Waals surface area contributed by atoms with Crippen LogP contribution in [0.2, 0.25) is 0 Å². The number of hydrogen-bond acceptors (Lipinski definition) is 6. The molecule has 210 valence electrons. The highest BCUT2D eigenvalue weighted by Gasteiger charge is 2.24. The van der Waals surface area contributed by atoms with Gasteiger partial charge >= 0.3 is 0 Å². The standard InChI is InChI=1S/C32H34N6O2S/c1-21-10-11-28(22(2)16-21)38-23(3)17-27(34-38)30-24(4)33-32-37(31(30)40)26(20-41-32)18-29(39)36-14-12-35(13-15-36)19-25-8-6-5-7-9-25/h5-11,16-17,20H,12-15,18-19H2,1-4H3. The molecule has 9 heteroatoms. The first-order valence-electron chi connectivity index (χ1n) is 14.0. The van der Waals surface area contributed by atoms with E-state index in [1.807, 2.05) is 40.9 Å². The number of amides is 1. The van der Waals surface area contributed by atoms with Gasteiger partial charge < -0.3 is 4.90 Å². The van der Waals surface area contributed by atoms with Crippen LogP contribution in [0.3, 0.4) is 0 Å². The lowest BCUT2D eigenvalue weighted by atomic mass is 10.1. The van der Waals surface area contributed by atoms with E-state index in [1.165, 1.54) is 22.5 Å². The van der Waals surface area contributed by atoms with Gasteiger partial charge in [-0.1, -0.05) is 48.0 Å². The number of carbonyl (C=O) groups excluding carboxylic acids is 1. The van der Waals surface area contributed by atoms with Gasteiger partial charge in [0.05, 0.1) is 23.4 Å². The normalized spacial score (nSPS) is 14.2. The van der Waals surface area contributed by atoms with Crippen molar-refractivity contribution in [1.29, 1.82) is 0 Å². The summed E-state index contributed by atoms with van der Waals surface area (Å²) in [7, 11) is 0. The van der Waals surface area contributed by atoms with Crippen LogP contribution in [0.25, 0.3) is 21.9 Å². The van der Waals surface area contributed by atoms with E-state index in [2.05, 4.69) is 61.2 Å². The van der Waals surface area contributed by atoms with Crippen LogP contribution in [0.4, 0.5) is 0 Å². The number of aromatic nitrogens is 4. The molecule has 8 nitrogen and oxygen atoms in total. The minimum atomic E-state index is -0.186. The molecule has 3 aromatic heterocycles. The Hall–Kier alpha value is -4.08. The van der Waals surface area contributed by atoms with Crippen molar-refractivity contribution in [1.82, 2.24) is 29.0 Å². The van der Waals surface area contributed by atoms with E-state index in [0.717, 1.165) is 36.6 Å². The van der Waals surface area contributed by atoms with E-state index >= 15 is 0 Å². The highest BCUT2D eigenvalue weighted by atomic mass is 32.1. The van der Waals surface area contributed by atoms with Crippen molar-refractivity contribution < 1.29 is 4.79 Å². The Morgan fingerprint density at radius 2 is 1.71 bits per heavy atom. The molecular formula is C32H34N6O2S. The van der Waals surface area contributed by atoms with Crippen LogP contribution in [0.5, 0.6) is 0 Å². The number of carbonyl (C=O) groups is 1. The molecule has 2 aromatic carbocycles. The van der Waals surface area contributed by atoms with Crippen LogP contribution in [0.15, 0.2) is 64.8 Å².